The molecule has 24 heavy (non-hydrogen) atoms. The quantitative estimate of drug-likeness (QED) is 0.914. The Morgan fingerprint density at radius 1 is 1.33 bits per heavy atom. The van der Waals surface area contributed by atoms with E-state index in [2.05, 4.69) is 10.00 Å². The van der Waals surface area contributed by atoms with E-state index in [-0.39, 0.29) is 5.91 Å². The predicted octanol–water partition coefficient (Wildman–Crippen LogP) is 1.55. The number of hydrogen-bond acceptors (Lipinski definition) is 4. The molecule has 1 fully saturated rings. The van der Waals surface area contributed by atoms with E-state index in [1.807, 2.05) is 36.7 Å². The van der Waals surface area contributed by atoms with E-state index >= 15 is 0 Å². The van der Waals surface area contributed by atoms with E-state index in [9.17, 15) is 9.90 Å². The van der Waals surface area contributed by atoms with E-state index in [0.717, 1.165) is 17.8 Å². The molecule has 1 saturated heterocycles. The summed E-state index contributed by atoms with van der Waals surface area (Å²) in [5, 5.41) is 15.1. The van der Waals surface area contributed by atoms with Gasteiger partial charge in [-0.3, -0.25) is 9.69 Å². The first-order valence-electron chi connectivity index (χ1n) is 7.97. The number of aromatic nitrogens is 2. The Bertz CT molecular complexity index is 718. The number of benzene rings is 1. The molecule has 1 aliphatic heterocycles. The number of amides is 1. The van der Waals surface area contributed by atoms with E-state index in [1.54, 1.807) is 9.58 Å². The number of nitrogens with zero attached hydrogens (tertiary/aromatic N) is 4. The first-order chi connectivity index (χ1) is 11.5. The third-order valence-corrected chi connectivity index (χ3v) is 4.49. The average Bonchev–Trinajstić information content (AvgIpc) is 2.90. The molecule has 0 bridgehead atoms. The Hall–Kier alpha value is -1.89. The molecule has 2 aromatic rings. The van der Waals surface area contributed by atoms with Crippen molar-refractivity contribution < 1.29 is 9.90 Å². The molecule has 1 aromatic carbocycles. The zero-order valence-corrected chi connectivity index (χ0v) is 14.4. The minimum atomic E-state index is -0.532. The van der Waals surface area contributed by atoms with Crippen LogP contribution >= 0.6 is 11.6 Å². The van der Waals surface area contributed by atoms with Gasteiger partial charge in [0.15, 0.2) is 0 Å². The number of rotatable bonds is 3. The summed E-state index contributed by atoms with van der Waals surface area (Å²) in [6.07, 6.45) is 3.22. The van der Waals surface area contributed by atoms with E-state index in [0.29, 0.717) is 31.2 Å². The molecule has 3 rings (SSSR count). The van der Waals surface area contributed by atoms with Crippen LogP contribution in [-0.2, 0) is 11.3 Å². The highest BCUT2D eigenvalue weighted by atomic mass is 35.5. The standard InChI is InChI=1S/C17H21ClN4O2/c1-13(23)21-7-6-20(11-15(24)12-21)9-14-8-19-22(10-14)17-5-3-2-4-16(17)18/h2-5,8,10,15,24H,6-7,9,11-12H2,1H3/t15-/m0/s1. The molecule has 0 saturated carbocycles. The predicted molar refractivity (Wildman–Crippen MR) is 92.1 cm³/mol. The van der Waals surface area contributed by atoms with Crippen molar-refractivity contribution in [1.82, 2.24) is 19.6 Å². The molecule has 6 nitrogen and oxygen atoms in total. The summed E-state index contributed by atoms with van der Waals surface area (Å²) in [5.41, 5.74) is 1.88. The topological polar surface area (TPSA) is 61.6 Å². The fourth-order valence-electron chi connectivity index (χ4n) is 2.95. The lowest BCUT2D eigenvalue weighted by molar-refractivity contribution is -0.129. The number of hydrogen-bond donors (Lipinski definition) is 1. The van der Waals surface area contributed by atoms with Crippen molar-refractivity contribution in [3.63, 3.8) is 0 Å². The third kappa shape index (κ3) is 3.95. The zero-order chi connectivity index (χ0) is 17.1. The molecule has 2 heterocycles. The van der Waals surface area contributed by atoms with Crippen LogP contribution in [0.2, 0.25) is 5.02 Å². The summed E-state index contributed by atoms with van der Waals surface area (Å²) in [4.78, 5) is 15.4. The number of aliphatic hydroxyl groups is 1. The number of aliphatic hydroxyl groups excluding tert-OH is 1. The van der Waals surface area contributed by atoms with Gasteiger partial charge >= 0.3 is 0 Å². The Morgan fingerprint density at radius 2 is 2.12 bits per heavy atom. The Labute approximate surface area is 146 Å². The second-order valence-electron chi connectivity index (χ2n) is 6.10. The molecule has 0 aliphatic carbocycles. The van der Waals surface area contributed by atoms with Gasteiger partial charge < -0.3 is 10.0 Å². The Kier molecular flexibility index (Phi) is 5.18. The van der Waals surface area contributed by atoms with Crippen LogP contribution in [-0.4, -0.2) is 62.9 Å². The van der Waals surface area contributed by atoms with Gasteiger partial charge in [-0.05, 0) is 12.1 Å². The maximum absolute atomic E-state index is 11.5. The van der Waals surface area contributed by atoms with Crippen LogP contribution < -0.4 is 0 Å². The second-order valence-corrected chi connectivity index (χ2v) is 6.51. The maximum atomic E-state index is 11.5. The van der Waals surface area contributed by atoms with Crippen LogP contribution in [0.25, 0.3) is 5.69 Å². The SMILES string of the molecule is CC(=O)N1CCN(Cc2cnn(-c3ccccc3Cl)c2)C[C@H](O)C1. The van der Waals surface area contributed by atoms with E-state index in [1.165, 1.54) is 6.92 Å². The van der Waals surface area contributed by atoms with Crippen molar-refractivity contribution in [3.8, 4) is 5.69 Å². The summed E-state index contributed by atoms with van der Waals surface area (Å²) >= 11 is 6.20. The lowest BCUT2D eigenvalue weighted by atomic mass is 10.3. The summed E-state index contributed by atoms with van der Waals surface area (Å²) < 4.78 is 1.76. The number of β-amino-alcohol motifs (C(OH)–C–C–N with tert-alkyl or cyclic N) is 1. The monoisotopic (exact) mass is 348 g/mol. The van der Waals surface area contributed by atoms with Crippen molar-refractivity contribution in [3.05, 3.63) is 47.2 Å². The van der Waals surface area contributed by atoms with Crippen molar-refractivity contribution in [1.29, 1.82) is 0 Å². The number of para-hydroxylation sites is 1. The van der Waals surface area contributed by atoms with Crippen molar-refractivity contribution in [2.45, 2.75) is 19.6 Å². The molecule has 1 aromatic heterocycles. The first-order valence-corrected chi connectivity index (χ1v) is 8.35. The molecule has 128 valence electrons. The lowest BCUT2D eigenvalue weighted by Crippen LogP contribution is -2.36. The van der Waals surface area contributed by atoms with Gasteiger partial charge in [-0.25, -0.2) is 4.68 Å². The Balaban J connectivity index is 1.68. The number of halogens is 1. The van der Waals surface area contributed by atoms with E-state index in [4.69, 9.17) is 11.6 Å². The highest BCUT2D eigenvalue weighted by Crippen LogP contribution is 2.20. The van der Waals surface area contributed by atoms with Crippen LogP contribution in [0.5, 0.6) is 0 Å². The summed E-state index contributed by atoms with van der Waals surface area (Å²) in [7, 11) is 0. The van der Waals surface area contributed by atoms with Crippen molar-refractivity contribution >= 4 is 17.5 Å². The van der Waals surface area contributed by atoms with Gasteiger partial charge in [-0.2, -0.15) is 5.10 Å². The first kappa shape index (κ1) is 17.0. The average molecular weight is 349 g/mol. The minimum Gasteiger partial charge on any atom is -0.390 e. The van der Waals surface area contributed by atoms with Gasteiger partial charge in [0.1, 0.15) is 0 Å². The fourth-order valence-corrected chi connectivity index (χ4v) is 3.18. The lowest BCUT2D eigenvalue weighted by Gasteiger charge is -2.20. The molecule has 0 radical (unpaired) electrons. The molecule has 1 N–H and O–H groups in total. The smallest absolute Gasteiger partial charge is 0.219 e. The normalized spacial score (nSPS) is 19.3. The highest BCUT2D eigenvalue weighted by molar-refractivity contribution is 6.32. The van der Waals surface area contributed by atoms with Gasteiger partial charge in [0.05, 0.1) is 23.0 Å². The molecule has 7 heteroatoms. The summed E-state index contributed by atoms with van der Waals surface area (Å²) in [6.45, 7) is 4.51. The van der Waals surface area contributed by atoms with E-state index < -0.39 is 6.10 Å². The van der Waals surface area contributed by atoms with Crippen LogP contribution in [0.1, 0.15) is 12.5 Å². The maximum Gasteiger partial charge on any atom is 0.219 e. The van der Waals surface area contributed by atoms with Crippen LogP contribution in [0.3, 0.4) is 0 Å². The molecule has 0 unspecified atom stereocenters. The summed E-state index contributed by atoms with van der Waals surface area (Å²) in [6, 6.07) is 7.55. The molecular formula is C17H21ClN4O2. The Morgan fingerprint density at radius 3 is 2.88 bits per heavy atom. The zero-order valence-electron chi connectivity index (χ0n) is 13.6. The van der Waals surface area contributed by atoms with Crippen molar-refractivity contribution in [2.75, 3.05) is 26.2 Å². The molecule has 1 amide bonds. The molecular weight excluding hydrogens is 328 g/mol. The molecule has 0 spiro atoms. The second kappa shape index (κ2) is 7.34. The summed E-state index contributed by atoms with van der Waals surface area (Å²) in [5.74, 6) is 0.00226. The van der Waals surface area contributed by atoms with Crippen molar-refractivity contribution in [2.24, 2.45) is 0 Å². The largest absolute Gasteiger partial charge is 0.390 e. The van der Waals surface area contributed by atoms with Gasteiger partial charge in [-0.1, -0.05) is 23.7 Å². The number of carbonyl (C=O) groups excluding carboxylic acids is 1. The van der Waals surface area contributed by atoms with Crippen LogP contribution in [0.4, 0.5) is 0 Å². The van der Waals surface area contributed by atoms with Gasteiger partial charge in [0, 0.05) is 51.4 Å². The minimum absolute atomic E-state index is 0.00226. The molecule has 1 aliphatic rings. The van der Waals surface area contributed by atoms with Crippen LogP contribution in [0.15, 0.2) is 36.7 Å². The third-order valence-electron chi connectivity index (χ3n) is 4.17. The van der Waals surface area contributed by atoms with Crippen LogP contribution in [0, 0.1) is 0 Å². The molecule has 1 atom stereocenters. The van der Waals surface area contributed by atoms with Gasteiger partial charge in [0.2, 0.25) is 5.91 Å². The van der Waals surface area contributed by atoms with Gasteiger partial charge in [-0.15, -0.1) is 0 Å². The number of carbonyl (C=O) groups is 1. The fraction of sp³-hybridized carbons (Fsp3) is 0.412. The van der Waals surface area contributed by atoms with Gasteiger partial charge in [0.25, 0.3) is 0 Å². The highest BCUT2D eigenvalue weighted by Gasteiger charge is 2.22.